The lowest BCUT2D eigenvalue weighted by atomic mass is 10.1. The Kier molecular flexibility index (Phi) is 4.17. The lowest BCUT2D eigenvalue weighted by Crippen LogP contribution is -2.38. The van der Waals surface area contributed by atoms with Crippen LogP contribution in [0, 0.1) is 0 Å². The van der Waals surface area contributed by atoms with E-state index in [0.717, 1.165) is 12.1 Å². The summed E-state index contributed by atoms with van der Waals surface area (Å²) < 4.78 is 0. The maximum atomic E-state index is 11.1. The van der Waals surface area contributed by atoms with Gasteiger partial charge < -0.3 is 15.7 Å². The van der Waals surface area contributed by atoms with Crippen LogP contribution in [0.2, 0.25) is 0 Å². The van der Waals surface area contributed by atoms with Gasteiger partial charge in [0.1, 0.15) is 6.04 Å². The lowest BCUT2D eigenvalue weighted by Gasteiger charge is -2.27. The second-order valence-electron chi connectivity index (χ2n) is 3.81. The minimum absolute atomic E-state index is 0.519. The van der Waals surface area contributed by atoms with Crippen LogP contribution in [0.3, 0.4) is 0 Å². The van der Waals surface area contributed by atoms with E-state index in [9.17, 15) is 4.79 Å². The van der Waals surface area contributed by atoms with Gasteiger partial charge in [0.15, 0.2) is 0 Å². The Morgan fingerprint density at radius 2 is 2.12 bits per heavy atom. The molecule has 0 aromatic heterocycles. The number of likely N-dealkylation sites (N-methyl/N-ethyl adjacent to an activating group) is 1. The van der Waals surface area contributed by atoms with E-state index in [1.54, 1.807) is 18.0 Å². The Balaban J connectivity index is 2.94. The molecule has 0 saturated heterocycles. The minimum atomic E-state index is -0.812. The van der Waals surface area contributed by atoms with Gasteiger partial charge in [-0.25, -0.2) is 4.79 Å². The van der Waals surface area contributed by atoms with Gasteiger partial charge in [0, 0.05) is 7.05 Å². The number of carboxylic acid groups (broad SMARTS) is 1. The molecule has 0 saturated carbocycles. The first-order valence-electron chi connectivity index (χ1n) is 5.38. The molecule has 1 atom stereocenters. The zero-order valence-electron chi connectivity index (χ0n) is 9.68. The smallest absolute Gasteiger partial charge is 0.326 e. The first-order chi connectivity index (χ1) is 7.57. The number of nitrogens with zero attached hydrogens (tertiary/aromatic N) is 1. The molecule has 0 aliphatic rings. The molecule has 88 valence electrons. The number of nitrogens with two attached hydrogens (primary N) is 1. The van der Waals surface area contributed by atoms with Gasteiger partial charge in [-0.1, -0.05) is 25.5 Å². The van der Waals surface area contributed by atoms with Crippen molar-refractivity contribution in [1.82, 2.24) is 0 Å². The SMILES string of the molecule is CCCC(C(=O)O)N(C)c1ccccc1N. The van der Waals surface area contributed by atoms with E-state index in [1.807, 2.05) is 25.1 Å². The van der Waals surface area contributed by atoms with Crippen molar-refractivity contribution in [2.45, 2.75) is 25.8 Å². The Hall–Kier alpha value is -1.71. The van der Waals surface area contributed by atoms with Crippen LogP contribution in [-0.2, 0) is 4.79 Å². The molecule has 1 rings (SSSR count). The molecule has 0 bridgehead atoms. The molecular weight excluding hydrogens is 204 g/mol. The number of nitrogen functional groups attached to an aromatic ring is 1. The summed E-state index contributed by atoms with van der Waals surface area (Å²) in [7, 11) is 1.76. The van der Waals surface area contributed by atoms with E-state index in [0.29, 0.717) is 12.1 Å². The molecule has 0 amide bonds. The quantitative estimate of drug-likeness (QED) is 0.747. The molecule has 0 spiro atoms. The van der Waals surface area contributed by atoms with Crippen LogP contribution >= 0.6 is 0 Å². The van der Waals surface area contributed by atoms with E-state index in [4.69, 9.17) is 10.8 Å². The van der Waals surface area contributed by atoms with Gasteiger partial charge in [0.25, 0.3) is 0 Å². The van der Waals surface area contributed by atoms with Crippen molar-refractivity contribution in [3.8, 4) is 0 Å². The maximum absolute atomic E-state index is 11.1. The third-order valence-electron chi connectivity index (χ3n) is 2.63. The number of hydrogen-bond donors (Lipinski definition) is 2. The maximum Gasteiger partial charge on any atom is 0.326 e. The monoisotopic (exact) mass is 222 g/mol. The number of carboxylic acids is 1. The number of benzene rings is 1. The highest BCUT2D eigenvalue weighted by atomic mass is 16.4. The predicted molar refractivity (Wildman–Crippen MR) is 65.6 cm³/mol. The second-order valence-corrected chi connectivity index (χ2v) is 3.81. The third kappa shape index (κ3) is 2.66. The summed E-state index contributed by atoms with van der Waals surface area (Å²) in [5, 5.41) is 9.14. The third-order valence-corrected chi connectivity index (χ3v) is 2.63. The van der Waals surface area contributed by atoms with Crippen LogP contribution in [0.1, 0.15) is 19.8 Å². The summed E-state index contributed by atoms with van der Waals surface area (Å²) in [5.41, 5.74) is 7.19. The summed E-state index contributed by atoms with van der Waals surface area (Å²) in [5.74, 6) is -0.812. The van der Waals surface area contributed by atoms with Gasteiger partial charge in [-0.3, -0.25) is 0 Å². The molecule has 0 fully saturated rings. The van der Waals surface area contributed by atoms with Crippen molar-refractivity contribution in [3.63, 3.8) is 0 Å². The van der Waals surface area contributed by atoms with E-state index in [1.165, 1.54) is 0 Å². The first kappa shape index (κ1) is 12.4. The van der Waals surface area contributed by atoms with Crippen molar-refractivity contribution in [2.75, 3.05) is 17.7 Å². The molecule has 16 heavy (non-hydrogen) atoms. The normalized spacial score (nSPS) is 12.1. The van der Waals surface area contributed by atoms with Crippen LogP contribution in [0.25, 0.3) is 0 Å². The fourth-order valence-corrected chi connectivity index (χ4v) is 1.73. The molecule has 0 aliphatic carbocycles. The topological polar surface area (TPSA) is 66.6 Å². The number of carbonyl (C=O) groups is 1. The molecule has 4 nitrogen and oxygen atoms in total. The number of aliphatic carboxylic acids is 1. The zero-order valence-corrected chi connectivity index (χ0v) is 9.68. The molecule has 0 heterocycles. The lowest BCUT2D eigenvalue weighted by molar-refractivity contribution is -0.138. The highest BCUT2D eigenvalue weighted by Gasteiger charge is 2.22. The number of hydrogen-bond acceptors (Lipinski definition) is 3. The highest BCUT2D eigenvalue weighted by Crippen LogP contribution is 2.24. The fraction of sp³-hybridized carbons (Fsp3) is 0.417. The number of anilines is 2. The molecular formula is C12H18N2O2. The predicted octanol–water partition coefficient (Wildman–Crippen LogP) is 1.96. The summed E-state index contributed by atoms with van der Waals surface area (Å²) in [6.07, 6.45) is 1.44. The average molecular weight is 222 g/mol. The van der Waals surface area contributed by atoms with E-state index in [2.05, 4.69) is 0 Å². The first-order valence-corrected chi connectivity index (χ1v) is 5.38. The molecule has 0 radical (unpaired) electrons. The molecule has 4 heteroatoms. The van der Waals surface area contributed by atoms with Crippen molar-refractivity contribution in [2.24, 2.45) is 0 Å². The minimum Gasteiger partial charge on any atom is -0.480 e. The largest absolute Gasteiger partial charge is 0.480 e. The fourth-order valence-electron chi connectivity index (χ4n) is 1.73. The summed E-state index contributed by atoms with van der Waals surface area (Å²) in [4.78, 5) is 12.9. The number of para-hydroxylation sites is 2. The van der Waals surface area contributed by atoms with Crippen LogP contribution < -0.4 is 10.6 Å². The van der Waals surface area contributed by atoms with Crippen LogP contribution in [0.15, 0.2) is 24.3 Å². The highest BCUT2D eigenvalue weighted by molar-refractivity contribution is 5.80. The molecule has 1 unspecified atom stereocenters. The summed E-state index contributed by atoms with van der Waals surface area (Å²) in [6, 6.07) is 6.78. The standard InChI is InChI=1S/C12H18N2O2/c1-3-6-11(12(15)16)14(2)10-8-5-4-7-9(10)13/h4-5,7-8,11H,3,6,13H2,1-2H3,(H,15,16). The van der Waals surface area contributed by atoms with E-state index < -0.39 is 12.0 Å². The molecule has 3 N–H and O–H groups in total. The average Bonchev–Trinajstić information content (AvgIpc) is 2.25. The molecule has 1 aromatic carbocycles. The summed E-state index contributed by atoms with van der Waals surface area (Å²) in [6.45, 7) is 1.97. The van der Waals surface area contributed by atoms with E-state index >= 15 is 0 Å². The Morgan fingerprint density at radius 3 is 2.62 bits per heavy atom. The van der Waals surface area contributed by atoms with Gasteiger partial charge in [0.05, 0.1) is 11.4 Å². The number of rotatable bonds is 5. The molecule has 1 aromatic rings. The Morgan fingerprint density at radius 1 is 1.50 bits per heavy atom. The summed E-state index contributed by atoms with van der Waals surface area (Å²) >= 11 is 0. The van der Waals surface area contributed by atoms with Crippen molar-refractivity contribution in [1.29, 1.82) is 0 Å². The van der Waals surface area contributed by atoms with Gasteiger partial charge in [-0.15, -0.1) is 0 Å². The van der Waals surface area contributed by atoms with Gasteiger partial charge >= 0.3 is 5.97 Å². The van der Waals surface area contributed by atoms with Gasteiger partial charge in [-0.2, -0.15) is 0 Å². The van der Waals surface area contributed by atoms with Crippen molar-refractivity contribution < 1.29 is 9.90 Å². The van der Waals surface area contributed by atoms with Crippen molar-refractivity contribution in [3.05, 3.63) is 24.3 Å². The van der Waals surface area contributed by atoms with Crippen molar-refractivity contribution >= 4 is 17.3 Å². The zero-order chi connectivity index (χ0) is 12.1. The van der Waals surface area contributed by atoms with Gasteiger partial charge in [0.2, 0.25) is 0 Å². The second kappa shape index (κ2) is 5.39. The van der Waals surface area contributed by atoms with Crippen LogP contribution in [-0.4, -0.2) is 24.2 Å². The Bertz CT molecular complexity index is 366. The Labute approximate surface area is 95.7 Å². The van der Waals surface area contributed by atoms with Gasteiger partial charge in [-0.05, 0) is 18.6 Å². The van der Waals surface area contributed by atoms with Crippen LogP contribution in [0.5, 0.6) is 0 Å². The molecule has 0 aliphatic heterocycles. The van der Waals surface area contributed by atoms with Crippen LogP contribution in [0.4, 0.5) is 11.4 Å². The van der Waals surface area contributed by atoms with E-state index in [-0.39, 0.29) is 0 Å².